The van der Waals surface area contributed by atoms with Gasteiger partial charge < -0.3 is 10.0 Å². The molecule has 0 aromatic heterocycles. The van der Waals surface area contributed by atoms with E-state index in [0.29, 0.717) is 37.8 Å². The first-order chi connectivity index (χ1) is 13.4. The Kier molecular flexibility index (Phi) is 9.81. The number of nitrogens with zero attached hydrogens (tertiary/aromatic N) is 3. The van der Waals surface area contributed by atoms with Gasteiger partial charge in [0.15, 0.2) is 0 Å². The number of hydrogen-bond acceptors (Lipinski definition) is 5. The number of amides is 1. The van der Waals surface area contributed by atoms with Crippen LogP contribution in [-0.2, 0) is 16.1 Å². The third-order valence-electron chi connectivity index (χ3n) is 4.83. The fourth-order valence-electron chi connectivity index (χ4n) is 3.28. The van der Waals surface area contributed by atoms with Crippen LogP contribution in [0.15, 0.2) is 30.3 Å². The Morgan fingerprint density at radius 1 is 1.00 bits per heavy atom. The third kappa shape index (κ3) is 8.63. The van der Waals surface area contributed by atoms with Crippen molar-refractivity contribution < 1.29 is 14.7 Å². The lowest BCUT2D eigenvalue weighted by Gasteiger charge is -2.26. The molecule has 1 fully saturated rings. The lowest BCUT2D eigenvalue weighted by molar-refractivity contribution is -0.138. The molecule has 0 bridgehead atoms. The molecule has 0 spiro atoms. The predicted molar refractivity (Wildman–Crippen MR) is 115 cm³/mol. The molecular formula is C21H33N3O3S. The van der Waals surface area contributed by atoms with Crippen LogP contribution in [0.5, 0.6) is 0 Å². The Morgan fingerprint density at radius 3 is 2.25 bits per heavy atom. The maximum absolute atomic E-state index is 12.7. The zero-order valence-electron chi connectivity index (χ0n) is 17.0. The van der Waals surface area contributed by atoms with Crippen LogP contribution in [0.1, 0.15) is 25.8 Å². The Morgan fingerprint density at radius 2 is 1.61 bits per heavy atom. The van der Waals surface area contributed by atoms with Gasteiger partial charge in [-0.05, 0) is 10.8 Å². The van der Waals surface area contributed by atoms with Gasteiger partial charge in [-0.25, -0.2) is 0 Å². The summed E-state index contributed by atoms with van der Waals surface area (Å²) in [5.74, 6) is 0.185. The topological polar surface area (TPSA) is 64.1 Å². The van der Waals surface area contributed by atoms with Crippen molar-refractivity contribution in [3.8, 4) is 0 Å². The zero-order chi connectivity index (χ0) is 20.4. The van der Waals surface area contributed by atoms with Crippen molar-refractivity contribution in [1.82, 2.24) is 14.7 Å². The van der Waals surface area contributed by atoms with Crippen LogP contribution in [0, 0.1) is 0 Å². The average Bonchev–Trinajstić information content (AvgIpc) is 2.73. The van der Waals surface area contributed by atoms with Crippen molar-refractivity contribution in [2.75, 3.05) is 51.6 Å². The maximum atomic E-state index is 12.7. The molecule has 28 heavy (non-hydrogen) atoms. The summed E-state index contributed by atoms with van der Waals surface area (Å²) in [7, 11) is 0. The highest BCUT2D eigenvalue weighted by Gasteiger charge is 2.21. The van der Waals surface area contributed by atoms with Crippen LogP contribution in [0.25, 0.3) is 0 Å². The summed E-state index contributed by atoms with van der Waals surface area (Å²) >= 11 is 1.80. The molecule has 0 atom stereocenters. The van der Waals surface area contributed by atoms with Gasteiger partial charge in [-0.3, -0.25) is 19.4 Å². The number of carbonyl (C=O) groups is 2. The number of benzene rings is 1. The summed E-state index contributed by atoms with van der Waals surface area (Å²) in [6, 6.07) is 10.3. The molecule has 156 valence electrons. The molecule has 7 heteroatoms. The Balaban J connectivity index is 2.00. The monoisotopic (exact) mass is 407 g/mol. The number of rotatable bonds is 8. The first-order valence-corrected chi connectivity index (χ1v) is 11.1. The second-order valence-electron chi connectivity index (χ2n) is 7.48. The van der Waals surface area contributed by atoms with Crippen molar-refractivity contribution in [3.63, 3.8) is 0 Å². The molecule has 0 radical (unpaired) electrons. The lowest BCUT2D eigenvalue weighted by atomic mass is 10.2. The van der Waals surface area contributed by atoms with Gasteiger partial charge in [0.05, 0.1) is 6.54 Å². The number of hydrogen-bond donors (Lipinski definition) is 1. The van der Waals surface area contributed by atoms with E-state index in [1.807, 2.05) is 28.0 Å². The van der Waals surface area contributed by atoms with E-state index in [1.165, 1.54) is 5.56 Å². The van der Waals surface area contributed by atoms with Crippen molar-refractivity contribution in [2.45, 2.75) is 32.1 Å². The molecular weight excluding hydrogens is 374 g/mol. The van der Waals surface area contributed by atoms with E-state index in [2.05, 4.69) is 30.9 Å². The minimum atomic E-state index is -0.819. The van der Waals surface area contributed by atoms with Crippen LogP contribution in [0.2, 0.25) is 0 Å². The van der Waals surface area contributed by atoms with Crippen LogP contribution in [0.4, 0.5) is 0 Å². The Labute approximate surface area is 172 Å². The lowest BCUT2D eigenvalue weighted by Crippen LogP contribution is -2.41. The first-order valence-electron chi connectivity index (χ1n) is 10.0. The summed E-state index contributed by atoms with van der Waals surface area (Å²) in [5, 5.41) is 9.73. The Bertz CT molecular complexity index is 612. The van der Waals surface area contributed by atoms with Crippen molar-refractivity contribution in [3.05, 3.63) is 35.9 Å². The van der Waals surface area contributed by atoms with E-state index in [-0.39, 0.29) is 12.5 Å². The molecule has 2 rings (SSSR count). The molecule has 1 aliphatic heterocycles. The minimum Gasteiger partial charge on any atom is -0.480 e. The highest BCUT2D eigenvalue weighted by molar-refractivity contribution is 7.99. The highest BCUT2D eigenvalue weighted by Crippen LogP contribution is 2.12. The first kappa shape index (κ1) is 22.7. The van der Waals surface area contributed by atoms with E-state index in [9.17, 15) is 14.7 Å². The summed E-state index contributed by atoms with van der Waals surface area (Å²) in [4.78, 5) is 30.1. The van der Waals surface area contributed by atoms with Crippen LogP contribution in [0.3, 0.4) is 0 Å². The minimum absolute atomic E-state index is 0.0183. The largest absolute Gasteiger partial charge is 0.480 e. The molecule has 0 unspecified atom stereocenters. The number of thioether (sulfide) groups is 1. The molecule has 1 amide bonds. The van der Waals surface area contributed by atoms with Crippen molar-refractivity contribution >= 4 is 23.6 Å². The standard InChI is InChI=1S/C21H33N3O3S/c1-18(2)28-15-8-20(25)24-13-11-22(16-19-6-4-3-5-7-19)9-10-23(12-14-24)17-21(26)27/h3-7,18H,8-17H2,1-2H3,(H,26,27). The predicted octanol–water partition coefficient (Wildman–Crippen LogP) is 2.25. The fourth-order valence-corrected chi connectivity index (χ4v) is 4.04. The van der Waals surface area contributed by atoms with Crippen molar-refractivity contribution in [1.29, 1.82) is 0 Å². The Hall–Kier alpha value is -1.57. The van der Waals surface area contributed by atoms with Crippen LogP contribution in [-0.4, -0.2) is 88.5 Å². The van der Waals surface area contributed by atoms with E-state index in [1.54, 1.807) is 11.8 Å². The van der Waals surface area contributed by atoms with Gasteiger partial charge in [0.1, 0.15) is 0 Å². The van der Waals surface area contributed by atoms with Gasteiger partial charge in [-0.1, -0.05) is 44.2 Å². The van der Waals surface area contributed by atoms with Gasteiger partial charge >= 0.3 is 5.97 Å². The average molecular weight is 408 g/mol. The van der Waals surface area contributed by atoms with Gasteiger partial charge in [0, 0.05) is 58.0 Å². The molecule has 0 aliphatic carbocycles. The zero-order valence-corrected chi connectivity index (χ0v) is 17.9. The summed E-state index contributed by atoms with van der Waals surface area (Å²) < 4.78 is 0. The molecule has 1 N–H and O–H groups in total. The number of carboxylic acid groups (broad SMARTS) is 1. The normalized spacial score (nSPS) is 17.2. The molecule has 6 nitrogen and oxygen atoms in total. The van der Waals surface area contributed by atoms with E-state index < -0.39 is 5.97 Å². The molecule has 1 saturated heterocycles. The summed E-state index contributed by atoms with van der Waals surface area (Å²) in [6.07, 6.45) is 0.542. The second kappa shape index (κ2) is 12.1. The smallest absolute Gasteiger partial charge is 0.317 e. The SMILES string of the molecule is CC(C)SCCC(=O)N1CCN(CC(=O)O)CCN(Cc2ccccc2)CC1. The highest BCUT2D eigenvalue weighted by atomic mass is 32.2. The van der Waals surface area contributed by atoms with Gasteiger partial charge in [-0.15, -0.1) is 0 Å². The molecule has 0 saturated carbocycles. The molecule has 1 aromatic rings. The fraction of sp³-hybridized carbons (Fsp3) is 0.619. The summed E-state index contributed by atoms with van der Waals surface area (Å²) in [6.45, 7) is 9.31. The van der Waals surface area contributed by atoms with Crippen LogP contribution < -0.4 is 0 Å². The van der Waals surface area contributed by atoms with Crippen molar-refractivity contribution in [2.24, 2.45) is 0 Å². The maximum Gasteiger partial charge on any atom is 0.317 e. The molecule has 1 aromatic carbocycles. The number of aliphatic carboxylic acids is 1. The van der Waals surface area contributed by atoms with Gasteiger partial charge in [-0.2, -0.15) is 11.8 Å². The van der Waals surface area contributed by atoms with Crippen LogP contribution >= 0.6 is 11.8 Å². The second-order valence-corrected chi connectivity index (χ2v) is 9.17. The summed E-state index contributed by atoms with van der Waals surface area (Å²) in [5.41, 5.74) is 1.23. The third-order valence-corrected chi connectivity index (χ3v) is 5.94. The molecule has 1 aliphatic rings. The van der Waals surface area contributed by atoms with E-state index >= 15 is 0 Å². The van der Waals surface area contributed by atoms with E-state index in [0.717, 1.165) is 25.4 Å². The number of carbonyl (C=O) groups excluding carboxylic acids is 1. The van der Waals surface area contributed by atoms with E-state index in [4.69, 9.17) is 0 Å². The quantitative estimate of drug-likeness (QED) is 0.713. The molecule has 1 heterocycles. The van der Waals surface area contributed by atoms with Gasteiger partial charge in [0.2, 0.25) is 5.91 Å². The van der Waals surface area contributed by atoms with Gasteiger partial charge in [0.25, 0.3) is 0 Å². The number of carboxylic acids is 1.